The molecule has 0 saturated heterocycles. The van der Waals surface area contributed by atoms with Crippen molar-refractivity contribution in [2.24, 2.45) is 5.84 Å². The topological polar surface area (TPSA) is 115 Å². The molecule has 0 spiro atoms. The summed E-state index contributed by atoms with van der Waals surface area (Å²) < 4.78 is 5.07. The number of anilines is 2. The lowest BCUT2D eigenvalue weighted by Crippen LogP contribution is -2.11. The first-order valence-electron chi connectivity index (χ1n) is 6.13. The number of nitrogens with zero attached hydrogens (tertiary/aromatic N) is 2. The number of nitrogens with one attached hydrogen (secondary N) is 2. The van der Waals surface area contributed by atoms with Crippen LogP contribution in [0.5, 0.6) is 5.75 Å². The SMILES string of the molecule is COc1ccc(CNc2nc(NN)ccc2[N+](=O)[O-])cc1. The molecule has 0 radical (unpaired) electrons. The summed E-state index contributed by atoms with van der Waals surface area (Å²) in [6.45, 7) is 0.395. The number of nitrogens with two attached hydrogens (primary N) is 1. The lowest BCUT2D eigenvalue weighted by atomic mass is 10.2. The zero-order chi connectivity index (χ0) is 15.2. The van der Waals surface area contributed by atoms with Crippen molar-refractivity contribution >= 4 is 17.3 Å². The van der Waals surface area contributed by atoms with E-state index in [4.69, 9.17) is 10.6 Å². The van der Waals surface area contributed by atoms with E-state index < -0.39 is 4.92 Å². The van der Waals surface area contributed by atoms with Gasteiger partial charge in [-0.25, -0.2) is 10.8 Å². The minimum Gasteiger partial charge on any atom is -0.497 e. The van der Waals surface area contributed by atoms with E-state index in [0.29, 0.717) is 12.4 Å². The molecule has 0 amide bonds. The number of hydrazine groups is 1. The molecule has 0 saturated carbocycles. The first kappa shape index (κ1) is 14.5. The van der Waals surface area contributed by atoms with Crippen molar-refractivity contribution in [2.75, 3.05) is 17.9 Å². The van der Waals surface area contributed by atoms with Gasteiger partial charge in [0, 0.05) is 12.6 Å². The van der Waals surface area contributed by atoms with Crippen molar-refractivity contribution in [1.29, 1.82) is 0 Å². The van der Waals surface area contributed by atoms with Crippen LogP contribution in [0.4, 0.5) is 17.3 Å². The Morgan fingerprint density at radius 1 is 1.29 bits per heavy atom. The van der Waals surface area contributed by atoms with Crippen molar-refractivity contribution in [3.05, 3.63) is 52.1 Å². The molecule has 1 aromatic carbocycles. The average molecular weight is 289 g/mol. The molecule has 1 heterocycles. The number of methoxy groups -OCH3 is 1. The highest BCUT2D eigenvalue weighted by Crippen LogP contribution is 2.24. The fraction of sp³-hybridized carbons (Fsp3) is 0.154. The van der Waals surface area contributed by atoms with Gasteiger partial charge in [0.1, 0.15) is 11.6 Å². The van der Waals surface area contributed by atoms with E-state index >= 15 is 0 Å². The Morgan fingerprint density at radius 2 is 2.00 bits per heavy atom. The number of aromatic nitrogens is 1. The summed E-state index contributed by atoms with van der Waals surface area (Å²) >= 11 is 0. The van der Waals surface area contributed by atoms with E-state index in [0.717, 1.165) is 11.3 Å². The zero-order valence-electron chi connectivity index (χ0n) is 11.4. The number of pyridine rings is 1. The number of ether oxygens (including phenoxy) is 1. The maximum atomic E-state index is 11.0. The Hall–Kier alpha value is -2.87. The van der Waals surface area contributed by atoms with E-state index in [1.54, 1.807) is 7.11 Å². The van der Waals surface area contributed by atoms with Crippen LogP contribution in [0.3, 0.4) is 0 Å². The summed E-state index contributed by atoms with van der Waals surface area (Å²) in [6, 6.07) is 10.1. The smallest absolute Gasteiger partial charge is 0.311 e. The van der Waals surface area contributed by atoms with Crippen LogP contribution in [0, 0.1) is 10.1 Å². The molecule has 4 N–H and O–H groups in total. The minimum atomic E-state index is -0.496. The Bertz CT molecular complexity index is 630. The molecule has 110 valence electrons. The molecule has 2 rings (SSSR count). The summed E-state index contributed by atoms with van der Waals surface area (Å²) in [5, 5.41) is 13.9. The van der Waals surface area contributed by atoms with Gasteiger partial charge in [-0.05, 0) is 23.8 Å². The van der Waals surface area contributed by atoms with Crippen molar-refractivity contribution in [3.8, 4) is 5.75 Å². The van der Waals surface area contributed by atoms with Crippen LogP contribution in [-0.2, 0) is 6.54 Å². The van der Waals surface area contributed by atoms with Crippen LogP contribution >= 0.6 is 0 Å². The molecule has 0 unspecified atom stereocenters. The summed E-state index contributed by atoms with van der Waals surface area (Å²) in [7, 11) is 1.59. The standard InChI is InChI=1S/C13H15N5O3/c1-21-10-4-2-9(3-5-10)8-15-13-11(18(19)20)6-7-12(16-13)17-14/h2-7H,8,14H2,1H3,(H2,15,16,17). The maximum absolute atomic E-state index is 11.0. The molecule has 1 aromatic heterocycles. The predicted molar refractivity (Wildman–Crippen MR) is 79.0 cm³/mol. The normalized spacial score (nSPS) is 10.0. The lowest BCUT2D eigenvalue weighted by Gasteiger charge is -2.08. The molecule has 2 aromatic rings. The molecule has 0 aliphatic carbocycles. The Morgan fingerprint density at radius 3 is 2.57 bits per heavy atom. The van der Waals surface area contributed by atoms with Gasteiger partial charge in [-0.3, -0.25) is 10.1 Å². The summed E-state index contributed by atoms with van der Waals surface area (Å²) in [6.07, 6.45) is 0. The van der Waals surface area contributed by atoms with E-state index in [-0.39, 0.29) is 11.5 Å². The summed E-state index contributed by atoms with van der Waals surface area (Å²) in [5.41, 5.74) is 3.19. The molecule has 8 nitrogen and oxygen atoms in total. The van der Waals surface area contributed by atoms with E-state index in [9.17, 15) is 10.1 Å². The number of hydrogen-bond donors (Lipinski definition) is 3. The highest BCUT2D eigenvalue weighted by Gasteiger charge is 2.15. The van der Waals surface area contributed by atoms with Gasteiger partial charge in [0.2, 0.25) is 5.82 Å². The van der Waals surface area contributed by atoms with Crippen LogP contribution in [0.1, 0.15) is 5.56 Å². The van der Waals surface area contributed by atoms with Crippen LogP contribution in [0.2, 0.25) is 0 Å². The first-order chi connectivity index (χ1) is 10.1. The van der Waals surface area contributed by atoms with Gasteiger partial charge >= 0.3 is 5.69 Å². The van der Waals surface area contributed by atoms with E-state index in [2.05, 4.69) is 15.7 Å². The van der Waals surface area contributed by atoms with Crippen LogP contribution in [0.15, 0.2) is 36.4 Å². The van der Waals surface area contributed by atoms with Gasteiger partial charge < -0.3 is 15.5 Å². The van der Waals surface area contributed by atoms with Gasteiger partial charge in [0.05, 0.1) is 12.0 Å². The third-order valence-corrected chi connectivity index (χ3v) is 2.84. The van der Waals surface area contributed by atoms with Crippen molar-refractivity contribution in [1.82, 2.24) is 4.98 Å². The molecular formula is C13H15N5O3. The van der Waals surface area contributed by atoms with E-state index in [1.165, 1.54) is 12.1 Å². The number of rotatable bonds is 6. The third-order valence-electron chi connectivity index (χ3n) is 2.84. The van der Waals surface area contributed by atoms with Gasteiger partial charge in [0.15, 0.2) is 0 Å². The summed E-state index contributed by atoms with van der Waals surface area (Å²) in [4.78, 5) is 14.5. The predicted octanol–water partition coefficient (Wildman–Crippen LogP) is 1.90. The number of nitrogen functional groups attached to an aromatic ring is 1. The molecular weight excluding hydrogens is 274 g/mol. The van der Waals surface area contributed by atoms with Crippen LogP contribution in [0.25, 0.3) is 0 Å². The second kappa shape index (κ2) is 6.53. The fourth-order valence-corrected chi connectivity index (χ4v) is 1.74. The fourth-order valence-electron chi connectivity index (χ4n) is 1.74. The van der Waals surface area contributed by atoms with Gasteiger partial charge in [-0.15, -0.1) is 0 Å². The van der Waals surface area contributed by atoms with Crippen LogP contribution < -0.4 is 21.3 Å². The van der Waals surface area contributed by atoms with Gasteiger partial charge in [-0.1, -0.05) is 12.1 Å². The van der Waals surface area contributed by atoms with Crippen molar-refractivity contribution in [2.45, 2.75) is 6.54 Å². The lowest BCUT2D eigenvalue weighted by molar-refractivity contribution is -0.384. The highest BCUT2D eigenvalue weighted by atomic mass is 16.6. The monoisotopic (exact) mass is 289 g/mol. The quantitative estimate of drug-likeness (QED) is 0.422. The molecule has 21 heavy (non-hydrogen) atoms. The number of nitro groups is 1. The molecule has 0 fully saturated rings. The van der Waals surface area contributed by atoms with Gasteiger partial charge in [-0.2, -0.15) is 0 Å². The third kappa shape index (κ3) is 3.57. The Labute approximate surface area is 121 Å². The maximum Gasteiger partial charge on any atom is 0.311 e. The van der Waals surface area contributed by atoms with E-state index in [1.807, 2.05) is 24.3 Å². The second-order valence-electron chi connectivity index (χ2n) is 4.17. The van der Waals surface area contributed by atoms with Crippen molar-refractivity contribution in [3.63, 3.8) is 0 Å². The first-order valence-corrected chi connectivity index (χ1v) is 6.13. The van der Waals surface area contributed by atoms with Crippen LogP contribution in [-0.4, -0.2) is 17.0 Å². The Kier molecular flexibility index (Phi) is 4.52. The number of hydrogen-bond acceptors (Lipinski definition) is 7. The zero-order valence-corrected chi connectivity index (χ0v) is 11.4. The second-order valence-corrected chi connectivity index (χ2v) is 4.17. The molecule has 0 atom stereocenters. The molecule has 0 aliphatic heterocycles. The Balaban J connectivity index is 2.15. The summed E-state index contributed by atoms with van der Waals surface area (Å²) in [5.74, 6) is 6.51. The molecule has 0 bridgehead atoms. The highest BCUT2D eigenvalue weighted by molar-refractivity contribution is 5.60. The van der Waals surface area contributed by atoms with Crippen molar-refractivity contribution < 1.29 is 9.66 Å². The average Bonchev–Trinajstić information content (AvgIpc) is 2.52. The number of benzene rings is 1. The minimum absolute atomic E-state index is 0.109. The van der Waals surface area contributed by atoms with Gasteiger partial charge in [0.25, 0.3) is 0 Å². The largest absolute Gasteiger partial charge is 0.497 e. The molecule has 0 aliphatic rings. The molecule has 8 heteroatoms.